The molecule has 4 heteroatoms. The molecule has 2 aliphatic rings. The van der Waals surface area contributed by atoms with Crippen molar-refractivity contribution in [2.45, 2.75) is 44.6 Å². The van der Waals surface area contributed by atoms with E-state index in [0.717, 1.165) is 25.7 Å². The third-order valence-corrected chi connectivity index (χ3v) is 5.87. The van der Waals surface area contributed by atoms with Gasteiger partial charge >= 0.3 is 5.97 Å². The van der Waals surface area contributed by atoms with Crippen molar-refractivity contribution in [3.63, 3.8) is 0 Å². The maximum absolute atomic E-state index is 12.4. The van der Waals surface area contributed by atoms with Gasteiger partial charge in [0.05, 0.1) is 0 Å². The molecule has 0 aliphatic heterocycles. The first-order valence-electron chi connectivity index (χ1n) is 8.17. The lowest BCUT2D eigenvalue weighted by Gasteiger charge is -2.20. The van der Waals surface area contributed by atoms with Crippen LogP contribution in [0.15, 0.2) is 30.3 Å². The molecule has 1 aromatic heterocycles. The van der Waals surface area contributed by atoms with Crippen molar-refractivity contribution < 1.29 is 14.3 Å². The molecule has 0 N–H and O–H groups in total. The van der Waals surface area contributed by atoms with Crippen molar-refractivity contribution in [2.24, 2.45) is 0 Å². The lowest BCUT2D eigenvalue weighted by atomic mass is 9.91. The van der Waals surface area contributed by atoms with Crippen LogP contribution in [0.4, 0.5) is 0 Å². The monoisotopic (exact) mass is 326 g/mol. The first-order valence-corrected chi connectivity index (χ1v) is 8.99. The van der Waals surface area contributed by atoms with Gasteiger partial charge in [-0.15, -0.1) is 11.3 Å². The first-order chi connectivity index (χ1) is 11.2. The average molecular weight is 326 g/mol. The first kappa shape index (κ1) is 14.6. The minimum atomic E-state index is -0.539. The maximum atomic E-state index is 12.4. The van der Waals surface area contributed by atoms with Gasteiger partial charge < -0.3 is 4.74 Å². The SMILES string of the molecule is O=C(O[C@@H]1CCCCC1=O)c1cc2c(s1)-c1ccccc1CC2. The van der Waals surface area contributed by atoms with Gasteiger partial charge in [-0.3, -0.25) is 4.79 Å². The summed E-state index contributed by atoms with van der Waals surface area (Å²) in [5, 5.41) is 0. The van der Waals surface area contributed by atoms with Crippen LogP contribution >= 0.6 is 11.3 Å². The summed E-state index contributed by atoms with van der Waals surface area (Å²) in [6.07, 6.45) is 4.50. The van der Waals surface area contributed by atoms with E-state index in [-0.39, 0.29) is 11.8 Å². The van der Waals surface area contributed by atoms with Crippen molar-refractivity contribution in [3.05, 3.63) is 46.3 Å². The Morgan fingerprint density at radius 3 is 2.78 bits per heavy atom. The molecule has 1 heterocycles. The van der Waals surface area contributed by atoms with Crippen LogP contribution in [-0.2, 0) is 22.4 Å². The lowest BCUT2D eigenvalue weighted by molar-refractivity contribution is -0.129. The fourth-order valence-electron chi connectivity index (χ4n) is 3.44. The molecule has 3 nitrogen and oxygen atoms in total. The Balaban J connectivity index is 1.58. The summed E-state index contributed by atoms with van der Waals surface area (Å²) in [6.45, 7) is 0. The highest BCUT2D eigenvalue weighted by Gasteiger charge is 2.28. The topological polar surface area (TPSA) is 43.4 Å². The number of thiophene rings is 1. The molecule has 0 unspecified atom stereocenters. The zero-order valence-electron chi connectivity index (χ0n) is 12.8. The van der Waals surface area contributed by atoms with Crippen molar-refractivity contribution >= 4 is 23.1 Å². The van der Waals surface area contributed by atoms with E-state index in [2.05, 4.69) is 18.2 Å². The van der Waals surface area contributed by atoms with E-state index < -0.39 is 6.10 Å². The Hall–Kier alpha value is -1.94. The largest absolute Gasteiger partial charge is 0.450 e. The molecule has 118 valence electrons. The van der Waals surface area contributed by atoms with E-state index in [1.165, 1.54) is 32.9 Å². The summed E-state index contributed by atoms with van der Waals surface area (Å²) in [6, 6.07) is 10.3. The fourth-order valence-corrected chi connectivity index (χ4v) is 4.59. The number of carbonyl (C=O) groups is 2. The van der Waals surface area contributed by atoms with E-state index in [0.29, 0.717) is 17.7 Å². The Morgan fingerprint density at radius 1 is 1.09 bits per heavy atom. The number of ether oxygens (including phenoxy) is 1. The van der Waals surface area contributed by atoms with Crippen molar-refractivity contribution in [3.8, 4) is 10.4 Å². The quantitative estimate of drug-likeness (QED) is 0.778. The summed E-state index contributed by atoms with van der Waals surface area (Å²) in [7, 11) is 0. The molecular weight excluding hydrogens is 308 g/mol. The molecule has 0 saturated heterocycles. The van der Waals surface area contributed by atoms with Gasteiger partial charge in [0, 0.05) is 11.3 Å². The van der Waals surface area contributed by atoms with Crippen LogP contribution in [0.25, 0.3) is 10.4 Å². The summed E-state index contributed by atoms with van der Waals surface area (Å²) in [4.78, 5) is 26.1. The maximum Gasteiger partial charge on any atom is 0.349 e. The second kappa shape index (κ2) is 5.93. The van der Waals surface area contributed by atoms with Crippen LogP contribution in [0.3, 0.4) is 0 Å². The Bertz CT molecular complexity index is 775. The molecule has 2 aromatic rings. The highest BCUT2D eigenvalue weighted by atomic mass is 32.1. The number of benzene rings is 1. The zero-order valence-corrected chi connectivity index (χ0v) is 13.7. The normalized spacial score (nSPS) is 19.8. The predicted octanol–water partition coefficient (Wildman–Crippen LogP) is 4.18. The van der Waals surface area contributed by atoms with E-state index in [1.54, 1.807) is 0 Å². The molecule has 0 amide bonds. The number of aryl methyl sites for hydroxylation is 2. The third-order valence-electron chi connectivity index (χ3n) is 4.68. The number of carbonyl (C=O) groups excluding carboxylic acids is 2. The average Bonchev–Trinajstić information content (AvgIpc) is 3.02. The van der Waals surface area contributed by atoms with Gasteiger partial charge in [-0.2, -0.15) is 0 Å². The van der Waals surface area contributed by atoms with Gasteiger partial charge in [0.25, 0.3) is 0 Å². The van der Waals surface area contributed by atoms with Crippen LogP contribution in [0.1, 0.15) is 46.5 Å². The van der Waals surface area contributed by atoms with Crippen LogP contribution in [0.5, 0.6) is 0 Å². The molecule has 23 heavy (non-hydrogen) atoms. The van der Waals surface area contributed by atoms with Crippen LogP contribution in [0.2, 0.25) is 0 Å². The number of rotatable bonds is 2. The standard InChI is InChI=1S/C19H18O3S/c20-15-7-3-4-8-16(15)22-19(21)17-11-13-10-9-12-5-1-2-6-14(12)18(13)23-17/h1-2,5-6,11,16H,3-4,7-10H2/t16-/m1/s1. The molecule has 2 aliphatic carbocycles. The van der Waals surface area contributed by atoms with E-state index in [4.69, 9.17) is 4.74 Å². The van der Waals surface area contributed by atoms with E-state index in [1.807, 2.05) is 12.1 Å². The second-order valence-corrected chi connectivity index (χ2v) is 7.28. The highest BCUT2D eigenvalue weighted by Crippen LogP contribution is 2.39. The van der Waals surface area contributed by atoms with Crippen LogP contribution < -0.4 is 0 Å². The lowest BCUT2D eigenvalue weighted by Crippen LogP contribution is -2.29. The summed E-state index contributed by atoms with van der Waals surface area (Å²) in [5.74, 6) is -0.279. The molecule has 4 rings (SSSR count). The summed E-state index contributed by atoms with van der Waals surface area (Å²) >= 11 is 1.49. The number of ketones is 1. The molecule has 1 saturated carbocycles. The van der Waals surface area contributed by atoms with Gasteiger partial charge in [-0.05, 0) is 54.9 Å². The fraction of sp³-hybridized carbons (Fsp3) is 0.368. The summed E-state index contributed by atoms with van der Waals surface area (Å²) in [5.41, 5.74) is 3.78. The highest BCUT2D eigenvalue weighted by molar-refractivity contribution is 7.17. The van der Waals surface area contributed by atoms with Gasteiger partial charge in [-0.1, -0.05) is 24.3 Å². The van der Waals surface area contributed by atoms with Crippen LogP contribution in [0, 0.1) is 0 Å². The van der Waals surface area contributed by atoms with Crippen molar-refractivity contribution in [2.75, 3.05) is 0 Å². The predicted molar refractivity (Wildman–Crippen MR) is 89.8 cm³/mol. The third kappa shape index (κ3) is 2.72. The number of esters is 1. The van der Waals surface area contributed by atoms with Gasteiger partial charge in [0.2, 0.25) is 0 Å². The Labute approximate surface area is 139 Å². The Morgan fingerprint density at radius 2 is 1.91 bits per heavy atom. The van der Waals surface area contributed by atoms with E-state index in [9.17, 15) is 9.59 Å². The van der Waals surface area contributed by atoms with Gasteiger partial charge in [-0.25, -0.2) is 4.79 Å². The summed E-state index contributed by atoms with van der Waals surface area (Å²) < 4.78 is 5.48. The molecule has 0 bridgehead atoms. The molecule has 1 fully saturated rings. The van der Waals surface area contributed by atoms with Gasteiger partial charge in [0.15, 0.2) is 11.9 Å². The molecule has 1 aromatic carbocycles. The number of fused-ring (bicyclic) bond motifs is 3. The molecule has 0 spiro atoms. The number of Topliss-reactive ketones (excluding diaryl/α,β-unsaturated/α-hetero) is 1. The van der Waals surface area contributed by atoms with E-state index >= 15 is 0 Å². The molecular formula is C19H18O3S. The number of hydrogen-bond donors (Lipinski definition) is 0. The Kier molecular flexibility index (Phi) is 3.77. The van der Waals surface area contributed by atoms with Crippen LogP contribution in [-0.4, -0.2) is 17.9 Å². The minimum Gasteiger partial charge on any atom is -0.450 e. The molecule has 0 radical (unpaired) electrons. The second-order valence-electron chi connectivity index (χ2n) is 6.23. The minimum absolute atomic E-state index is 0.0660. The van der Waals surface area contributed by atoms with Crippen molar-refractivity contribution in [1.29, 1.82) is 0 Å². The smallest absolute Gasteiger partial charge is 0.349 e. The molecule has 1 atom stereocenters. The zero-order chi connectivity index (χ0) is 15.8. The number of hydrogen-bond acceptors (Lipinski definition) is 4. The van der Waals surface area contributed by atoms with Crippen molar-refractivity contribution in [1.82, 2.24) is 0 Å². The van der Waals surface area contributed by atoms with Gasteiger partial charge in [0.1, 0.15) is 4.88 Å².